The molecule has 0 atom stereocenters. The summed E-state index contributed by atoms with van der Waals surface area (Å²) in [7, 11) is -4.19. The first-order valence-electron chi connectivity index (χ1n) is 3.16. The minimum atomic E-state index is -4.19. The van der Waals surface area contributed by atoms with Gasteiger partial charge in [-0.15, -0.1) is 6.58 Å². The van der Waals surface area contributed by atoms with E-state index in [2.05, 4.69) is 10.8 Å². The monoisotopic (exact) mass is 182 g/mol. The molecular weight excluding hydrogens is 168 g/mol. The first kappa shape index (κ1) is 13.2. The predicted molar refractivity (Wildman–Crippen MR) is 43.7 cm³/mol. The van der Waals surface area contributed by atoms with E-state index in [0.717, 1.165) is 0 Å². The molecule has 0 unspecified atom stereocenters. The average molecular weight is 182 g/mol. The van der Waals surface area contributed by atoms with Crippen LogP contribution >= 0.6 is 0 Å². The normalized spacial score (nSPS) is 9.73. The van der Waals surface area contributed by atoms with Gasteiger partial charge in [0.25, 0.3) is 0 Å². The summed E-state index contributed by atoms with van der Waals surface area (Å²) in [5.74, 6) is 0. The molecule has 11 heavy (non-hydrogen) atoms. The molecule has 0 aromatic carbocycles. The van der Waals surface area contributed by atoms with Crippen LogP contribution in [0.25, 0.3) is 0 Å². The Balaban J connectivity index is 0. The number of hydrogen-bond acceptors (Lipinski definition) is 3. The molecule has 0 fully saturated rings. The molecule has 0 aliphatic carbocycles. The topological polar surface area (TPSA) is 63.6 Å². The molecule has 5 heteroatoms. The Labute approximate surface area is 67.8 Å². The van der Waals surface area contributed by atoms with Crippen molar-refractivity contribution in [1.82, 2.24) is 0 Å². The molecule has 0 aromatic rings. The van der Waals surface area contributed by atoms with Crippen molar-refractivity contribution < 1.29 is 17.2 Å². The average Bonchev–Trinajstić information content (AvgIpc) is 1.84. The maximum absolute atomic E-state index is 9.72. The molecule has 0 saturated carbocycles. The zero-order valence-corrected chi connectivity index (χ0v) is 7.60. The van der Waals surface area contributed by atoms with Gasteiger partial charge in [-0.25, -0.2) is 4.18 Å². The van der Waals surface area contributed by atoms with Gasteiger partial charge in [0.2, 0.25) is 0 Å². The molecular formula is C6H14O4S. The summed E-state index contributed by atoms with van der Waals surface area (Å²) in [6, 6.07) is 0. The van der Waals surface area contributed by atoms with Crippen molar-refractivity contribution in [3.8, 4) is 0 Å². The Morgan fingerprint density at radius 1 is 1.64 bits per heavy atom. The molecule has 0 aliphatic rings. The Morgan fingerprint density at radius 2 is 2.00 bits per heavy atom. The van der Waals surface area contributed by atoms with Crippen molar-refractivity contribution in [2.75, 3.05) is 6.61 Å². The molecule has 0 aromatic heterocycles. The van der Waals surface area contributed by atoms with Crippen LogP contribution in [0.1, 0.15) is 20.3 Å². The Morgan fingerprint density at radius 3 is 2.09 bits per heavy atom. The van der Waals surface area contributed by atoms with Crippen molar-refractivity contribution in [3.63, 3.8) is 0 Å². The lowest BCUT2D eigenvalue weighted by atomic mass is 10.5. The lowest BCUT2D eigenvalue weighted by molar-refractivity contribution is 0.269. The summed E-state index contributed by atoms with van der Waals surface area (Å²) >= 11 is 0. The third-order valence-corrected chi connectivity index (χ3v) is 0.901. The lowest BCUT2D eigenvalue weighted by Gasteiger charge is -1.92. The van der Waals surface area contributed by atoms with Crippen LogP contribution in [-0.2, 0) is 14.6 Å². The van der Waals surface area contributed by atoms with Gasteiger partial charge in [0.05, 0.1) is 6.61 Å². The van der Waals surface area contributed by atoms with Crippen molar-refractivity contribution in [1.29, 1.82) is 0 Å². The van der Waals surface area contributed by atoms with Gasteiger partial charge in [0.15, 0.2) is 0 Å². The SMILES string of the molecule is C=CC.CCCOS(=O)(=O)O. The molecule has 68 valence electrons. The molecule has 0 radical (unpaired) electrons. The summed E-state index contributed by atoms with van der Waals surface area (Å²) in [6.45, 7) is 7.03. The zero-order chi connectivity index (χ0) is 9.33. The zero-order valence-electron chi connectivity index (χ0n) is 6.78. The van der Waals surface area contributed by atoms with Crippen LogP contribution in [-0.4, -0.2) is 19.6 Å². The quantitative estimate of drug-likeness (QED) is 0.529. The molecule has 4 nitrogen and oxygen atoms in total. The van der Waals surface area contributed by atoms with Crippen LogP contribution in [0.4, 0.5) is 0 Å². The van der Waals surface area contributed by atoms with Gasteiger partial charge < -0.3 is 0 Å². The third kappa shape index (κ3) is 26.2. The fraction of sp³-hybridized carbons (Fsp3) is 0.667. The van der Waals surface area contributed by atoms with Gasteiger partial charge in [0, 0.05) is 0 Å². The van der Waals surface area contributed by atoms with Crippen LogP contribution in [0.3, 0.4) is 0 Å². The smallest absolute Gasteiger partial charge is 0.264 e. The van der Waals surface area contributed by atoms with E-state index < -0.39 is 10.4 Å². The predicted octanol–water partition coefficient (Wildman–Crippen LogP) is 1.41. The molecule has 0 bridgehead atoms. The van der Waals surface area contributed by atoms with Gasteiger partial charge in [0.1, 0.15) is 0 Å². The van der Waals surface area contributed by atoms with Crippen molar-refractivity contribution in [3.05, 3.63) is 12.7 Å². The van der Waals surface area contributed by atoms with E-state index in [1.165, 1.54) is 0 Å². The third-order valence-electron chi connectivity index (χ3n) is 0.436. The summed E-state index contributed by atoms with van der Waals surface area (Å²) in [5.41, 5.74) is 0. The second-order valence-electron chi connectivity index (χ2n) is 1.66. The highest BCUT2D eigenvalue weighted by Gasteiger charge is 1.99. The standard InChI is InChI=1S/C3H8O4S.C3H6/c1-2-3-7-8(4,5)6;1-3-2/h2-3H2,1H3,(H,4,5,6);3H,1H2,2H3. The van der Waals surface area contributed by atoms with E-state index in [4.69, 9.17) is 4.55 Å². The highest BCUT2D eigenvalue weighted by Crippen LogP contribution is 1.86. The number of allylic oxidation sites excluding steroid dienone is 1. The highest BCUT2D eigenvalue weighted by molar-refractivity contribution is 7.80. The van der Waals surface area contributed by atoms with Crippen molar-refractivity contribution in [2.45, 2.75) is 20.3 Å². The van der Waals surface area contributed by atoms with E-state index in [1.807, 2.05) is 6.92 Å². The second-order valence-corrected chi connectivity index (χ2v) is 2.75. The molecule has 0 spiro atoms. The fourth-order valence-corrected chi connectivity index (χ4v) is 0.566. The number of rotatable bonds is 3. The Hall–Kier alpha value is -0.390. The van der Waals surface area contributed by atoms with E-state index in [0.29, 0.717) is 6.42 Å². The molecule has 0 saturated heterocycles. The summed E-state index contributed by atoms with van der Waals surface area (Å²) in [5, 5.41) is 0. The molecule has 0 aliphatic heterocycles. The highest BCUT2D eigenvalue weighted by atomic mass is 32.3. The Bertz CT molecular complexity index is 171. The maximum atomic E-state index is 9.72. The van der Waals surface area contributed by atoms with Gasteiger partial charge in [-0.3, -0.25) is 4.55 Å². The van der Waals surface area contributed by atoms with E-state index >= 15 is 0 Å². The van der Waals surface area contributed by atoms with Crippen LogP contribution in [0, 0.1) is 0 Å². The second kappa shape index (κ2) is 7.71. The lowest BCUT2D eigenvalue weighted by Crippen LogP contribution is -2.03. The van der Waals surface area contributed by atoms with E-state index in [1.54, 1.807) is 13.0 Å². The van der Waals surface area contributed by atoms with Gasteiger partial charge in [-0.1, -0.05) is 13.0 Å². The van der Waals surface area contributed by atoms with Crippen LogP contribution in [0.5, 0.6) is 0 Å². The van der Waals surface area contributed by atoms with Crippen molar-refractivity contribution in [2.24, 2.45) is 0 Å². The van der Waals surface area contributed by atoms with Gasteiger partial charge in [-0.05, 0) is 13.3 Å². The largest absolute Gasteiger partial charge is 0.397 e. The first-order valence-corrected chi connectivity index (χ1v) is 4.53. The molecule has 0 heterocycles. The molecule has 1 N–H and O–H groups in total. The summed E-state index contributed by atoms with van der Waals surface area (Å²) in [4.78, 5) is 0. The van der Waals surface area contributed by atoms with Crippen molar-refractivity contribution >= 4 is 10.4 Å². The Kier molecular flexibility index (Phi) is 9.27. The minimum absolute atomic E-state index is 0.0405. The van der Waals surface area contributed by atoms with Crippen LogP contribution < -0.4 is 0 Å². The van der Waals surface area contributed by atoms with E-state index in [9.17, 15) is 8.42 Å². The van der Waals surface area contributed by atoms with E-state index in [-0.39, 0.29) is 6.61 Å². The minimum Gasteiger partial charge on any atom is -0.264 e. The summed E-state index contributed by atoms with van der Waals surface area (Å²) < 4.78 is 31.3. The number of hydrogen-bond donors (Lipinski definition) is 1. The van der Waals surface area contributed by atoms with Gasteiger partial charge >= 0.3 is 10.4 Å². The molecule has 0 amide bonds. The summed E-state index contributed by atoms with van der Waals surface area (Å²) in [6.07, 6.45) is 2.32. The fourth-order valence-electron chi connectivity index (χ4n) is 0.189. The van der Waals surface area contributed by atoms with Crippen LogP contribution in [0.2, 0.25) is 0 Å². The first-order chi connectivity index (χ1) is 4.97. The van der Waals surface area contributed by atoms with Gasteiger partial charge in [-0.2, -0.15) is 8.42 Å². The van der Waals surface area contributed by atoms with Crippen LogP contribution in [0.15, 0.2) is 12.7 Å². The maximum Gasteiger partial charge on any atom is 0.397 e. The molecule has 0 rings (SSSR count).